The normalized spacial score (nSPS) is 18.8. The van der Waals surface area contributed by atoms with Gasteiger partial charge in [-0.05, 0) is 75.8 Å². The molecule has 1 atom stereocenters. The SMILES string of the molecule is CCOC(=O)CN(CC(=O)OCC)C1CCC(CNC(=O)[C@@H](C)c2ccc(CC(C)C)cc2)CC1. The maximum Gasteiger partial charge on any atom is 0.320 e. The van der Waals surface area contributed by atoms with Crippen LogP contribution in [-0.2, 0) is 30.3 Å². The van der Waals surface area contributed by atoms with Crippen molar-refractivity contribution in [1.29, 1.82) is 0 Å². The van der Waals surface area contributed by atoms with Crippen molar-refractivity contribution in [3.63, 3.8) is 0 Å². The minimum atomic E-state index is -0.322. The quantitative estimate of drug-likeness (QED) is 0.421. The Bertz CT molecular complexity index is 780. The summed E-state index contributed by atoms with van der Waals surface area (Å²) in [6.07, 6.45) is 4.65. The molecule has 1 aliphatic rings. The van der Waals surface area contributed by atoms with E-state index < -0.39 is 0 Å². The maximum absolute atomic E-state index is 12.8. The van der Waals surface area contributed by atoms with E-state index in [0.717, 1.165) is 37.7 Å². The first kappa shape index (κ1) is 28.8. The second-order valence-electron chi connectivity index (χ2n) is 10.00. The first-order valence-corrected chi connectivity index (χ1v) is 13.1. The van der Waals surface area contributed by atoms with E-state index in [9.17, 15) is 14.4 Å². The largest absolute Gasteiger partial charge is 0.465 e. The van der Waals surface area contributed by atoms with E-state index in [4.69, 9.17) is 9.47 Å². The summed E-state index contributed by atoms with van der Waals surface area (Å²) >= 11 is 0. The third-order valence-corrected chi connectivity index (χ3v) is 6.69. The first-order chi connectivity index (χ1) is 16.7. The molecule has 0 unspecified atom stereocenters. The lowest BCUT2D eigenvalue weighted by molar-refractivity contribution is -0.149. The van der Waals surface area contributed by atoms with E-state index in [2.05, 4.69) is 43.4 Å². The van der Waals surface area contributed by atoms with Crippen molar-refractivity contribution in [1.82, 2.24) is 10.2 Å². The van der Waals surface area contributed by atoms with Crippen LogP contribution in [0.2, 0.25) is 0 Å². The molecule has 1 aromatic carbocycles. The van der Waals surface area contributed by atoms with Gasteiger partial charge in [0, 0.05) is 12.6 Å². The van der Waals surface area contributed by atoms with Gasteiger partial charge in [0.1, 0.15) is 0 Å². The van der Waals surface area contributed by atoms with E-state index in [1.807, 2.05) is 11.8 Å². The van der Waals surface area contributed by atoms with Crippen LogP contribution in [0.5, 0.6) is 0 Å². The second kappa shape index (κ2) is 14.9. The van der Waals surface area contributed by atoms with Crippen LogP contribution < -0.4 is 5.32 Å². The Morgan fingerprint density at radius 1 is 0.914 bits per heavy atom. The molecule has 35 heavy (non-hydrogen) atoms. The highest BCUT2D eigenvalue weighted by molar-refractivity contribution is 5.83. The fraction of sp³-hybridized carbons (Fsp3) is 0.679. The molecule has 1 aliphatic carbocycles. The van der Waals surface area contributed by atoms with Crippen molar-refractivity contribution < 1.29 is 23.9 Å². The summed E-state index contributed by atoms with van der Waals surface area (Å²) in [5.74, 6) is 0.218. The molecule has 1 amide bonds. The zero-order valence-corrected chi connectivity index (χ0v) is 22.2. The molecule has 1 fully saturated rings. The second-order valence-corrected chi connectivity index (χ2v) is 10.00. The molecule has 196 valence electrons. The Kier molecular flexibility index (Phi) is 12.2. The number of hydrogen-bond acceptors (Lipinski definition) is 6. The van der Waals surface area contributed by atoms with Crippen molar-refractivity contribution in [2.75, 3.05) is 32.8 Å². The van der Waals surface area contributed by atoms with Crippen molar-refractivity contribution >= 4 is 17.8 Å². The van der Waals surface area contributed by atoms with Crippen LogP contribution in [0.4, 0.5) is 0 Å². The summed E-state index contributed by atoms with van der Waals surface area (Å²) in [4.78, 5) is 38.8. The maximum atomic E-state index is 12.8. The Hall–Kier alpha value is -2.41. The number of hydrogen-bond donors (Lipinski definition) is 1. The van der Waals surface area contributed by atoms with Gasteiger partial charge < -0.3 is 14.8 Å². The summed E-state index contributed by atoms with van der Waals surface area (Å²) in [5, 5.41) is 3.14. The Labute approximate surface area is 210 Å². The van der Waals surface area contributed by atoms with Crippen LogP contribution in [0.25, 0.3) is 0 Å². The van der Waals surface area contributed by atoms with E-state index in [0.29, 0.717) is 31.6 Å². The number of ether oxygens (including phenoxy) is 2. The van der Waals surface area contributed by atoms with E-state index in [1.165, 1.54) is 5.56 Å². The molecule has 1 aromatic rings. The van der Waals surface area contributed by atoms with Gasteiger partial charge in [-0.3, -0.25) is 19.3 Å². The smallest absolute Gasteiger partial charge is 0.320 e. The molecule has 0 bridgehead atoms. The van der Waals surface area contributed by atoms with Gasteiger partial charge in [-0.2, -0.15) is 0 Å². The predicted octanol–water partition coefficient (Wildman–Crippen LogP) is 4.09. The number of benzene rings is 1. The van der Waals surface area contributed by atoms with Gasteiger partial charge >= 0.3 is 11.9 Å². The standard InChI is InChI=1S/C28H44N2O5/c1-6-34-26(31)18-30(19-27(32)35-7-2)25-14-10-23(11-15-25)17-29-28(33)21(5)24-12-8-22(9-13-24)16-20(3)4/h8-9,12-13,20-21,23,25H,6-7,10-11,14-19H2,1-5H3,(H,29,33)/t21-,23?,25?/m0/s1. The lowest BCUT2D eigenvalue weighted by atomic mass is 9.85. The van der Waals surface area contributed by atoms with Crippen molar-refractivity contribution in [3.8, 4) is 0 Å². The monoisotopic (exact) mass is 488 g/mol. The molecular weight excluding hydrogens is 444 g/mol. The molecule has 0 saturated heterocycles. The fourth-order valence-electron chi connectivity index (χ4n) is 4.74. The molecule has 2 rings (SSSR count). The molecule has 0 spiro atoms. The average Bonchev–Trinajstić information content (AvgIpc) is 2.82. The first-order valence-electron chi connectivity index (χ1n) is 13.1. The van der Waals surface area contributed by atoms with Gasteiger partial charge in [-0.15, -0.1) is 0 Å². The van der Waals surface area contributed by atoms with Crippen LogP contribution in [0.1, 0.15) is 77.3 Å². The van der Waals surface area contributed by atoms with Crippen LogP contribution in [0.3, 0.4) is 0 Å². The Morgan fingerprint density at radius 3 is 1.94 bits per heavy atom. The molecule has 7 nitrogen and oxygen atoms in total. The number of rotatable bonds is 13. The highest BCUT2D eigenvalue weighted by Gasteiger charge is 2.29. The highest BCUT2D eigenvalue weighted by atomic mass is 16.5. The van der Waals surface area contributed by atoms with Crippen LogP contribution in [0, 0.1) is 11.8 Å². The number of esters is 2. The van der Waals surface area contributed by atoms with E-state index in [1.54, 1.807) is 13.8 Å². The highest BCUT2D eigenvalue weighted by Crippen LogP contribution is 2.28. The van der Waals surface area contributed by atoms with Gasteiger partial charge in [0.05, 0.1) is 32.2 Å². The van der Waals surface area contributed by atoms with E-state index in [-0.39, 0.29) is 42.9 Å². The van der Waals surface area contributed by atoms with Crippen LogP contribution in [-0.4, -0.2) is 61.6 Å². The number of carbonyl (C=O) groups excluding carboxylic acids is 3. The zero-order valence-electron chi connectivity index (χ0n) is 22.2. The van der Waals surface area contributed by atoms with Gasteiger partial charge in [0.15, 0.2) is 0 Å². The van der Waals surface area contributed by atoms with Crippen molar-refractivity contribution in [3.05, 3.63) is 35.4 Å². The minimum Gasteiger partial charge on any atom is -0.465 e. The van der Waals surface area contributed by atoms with Crippen molar-refractivity contribution in [2.45, 2.75) is 78.7 Å². The van der Waals surface area contributed by atoms with Gasteiger partial charge in [0.25, 0.3) is 0 Å². The Morgan fingerprint density at radius 2 is 1.46 bits per heavy atom. The lowest BCUT2D eigenvalue weighted by Crippen LogP contribution is -2.45. The summed E-state index contributed by atoms with van der Waals surface area (Å²) in [7, 11) is 0. The zero-order chi connectivity index (χ0) is 25.8. The third kappa shape index (κ3) is 10.0. The summed E-state index contributed by atoms with van der Waals surface area (Å²) in [6, 6.07) is 8.50. The molecule has 0 radical (unpaired) electrons. The molecule has 0 aromatic heterocycles. The van der Waals surface area contributed by atoms with Crippen molar-refractivity contribution in [2.24, 2.45) is 11.8 Å². The number of amides is 1. The van der Waals surface area contributed by atoms with Crippen LogP contribution >= 0.6 is 0 Å². The predicted molar refractivity (Wildman–Crippen MR) is 137 cm³/mol. The summed E-state index contributed by atoms with van der Waals surface area (Å²) in [5.41, 5.74) is 2.33. The summed E-state index contributed by atoms with van der Waals surface area (Å²) < 4.78 is 10.2. The summed E-state index contributed by atoms with van der Waals surface area (Å²) in [6.45, 7) is 11.4. The third-order valence-electron chi connectivity index (χ3n) is 6.69. The number of carbonyl (C=O) groups is 3. The Balaban J connectivity index is 1.83. The molecule has 0 heterocycles. The molecule has 7 heteroatoms. The number of nitrogens with one attached hydrogen (secondary N) is 1. The van der Waals surface area contributed by atoms with Crippen LogP contribution in [0.15, 0.2) is 24.3 Å². The number of nitrogens with zero attached hydrogens (tertiary/aromatic N) is 1. The van der Waals surface area contributed by atoms with E-state index >= 15 is 0 Å². The lowest BCUT2D eigenvalue weighted by Gasteiger charge is -2.36. The van der Waals surface area contributed by atoms with Gasteiger partial charge in [-0.25, -0.2) is 0 Å². The molecule has 1 N–H and O–H groups in total. The fourth-order valence-corrected chi connectivity index (χ4v) is 4.74. The minimum absolute atomic E-state index is 0.0509. The molecule has 1 saturated carbocycles. The molecular formula is C28H44N2O5. The molecule has 0 aliphatic heterocycles. The average molecular weight is 489 g/mol. The van der Waals surface area contributed by atoms with Gasteiger partial charge in [-0.1, -0.05) is 38.1 Å². The van der Waals surface area contributed by atoms with Gasteiger partial charge in [0.2, 0.25) is 5.91 Å². The topological polar surface area (TPSA) is 84.9 Å².